The van der Waals surface area contributed by atoms with Crippen LogP contribution in [0.2, 0.25) is 5.02 Å². The number of sulfone groups is 1. The van der Waals surface area contributed by atoms with Gasteiger partial charge < -0.3 is 14.4 Å². The number of hydrogen-bond donors (Lipinski definition) is 0. The first-order valence-corrected chi connectivity index (χ1v) is 11.5. The number of likely N-dealkylation sites (tertiary alicyclic amines) is 1. The minimum Gasteiger partial charge on any atom is -0.490 e. The summed E-state index contributed by atoms with van der Waals surface area (Å²) in [6.07, 6.45) is 0.395. The highest BCUT2D eigenvalue weighted by molar-refractivity contribution is 7.92. The van der Waals surface area contributed by atoms with Gasteiger partial charge in [0.05, 0.1) is 23.4 Å². The highest BCUT2D eigenvalue weighted by Crippen LogP contribution is 2.30. The predicted molar refractivity (Wildman–Crippen MR) is 112 cm³/mol. The Bertz CT molecular complexity index is 975. The summed E-state index contributed by atoms with van der Waals surface area (Å²) in [7, 11) is -3.53. The third-order valence-electron chi connectivity index (χ3n) is 4.80. The van der Waals surface area contributed by atoms with E-state index in [0.29, 0.717) is 48.3 Å². The molecule has 2 aromatic carbocycles. The third kappa shape index (κ3) is 4.67. The second kappa shape index (κ2) is 9.05. The van der Waals surface area contributed by atoms with Crippen LogP contribution in [-0.4, -0.2) is 50.8 Å². The predicted octanol–water partition coefficient (Wildman–Crippen LogP) is 3.83. The van der Waals surface area contributed by atoms with Gasteiger partial charge in [0.2, 0.25) is 0 Å². The maximum Gasteiger partial charge on any atom is 0.254 e. The van der Waals surface area contributed by atoms with E-state index in [1.54, 1.807) is 35.2 Å². The van der Waals surface area contributed by atoms with Crippen molar-refractivity contribution in [3.8, 4) is 11.5 Å². The second-order valence-corrected chi connectivity index (χ2v) is 9.35. The quantitative estimate of drug-likeness (QED) is 0.658. The topological polar surface area (TPSA) is 72.9 Å². The first kappa shape index (κ1) is 21.5. The number of carbonyl (C=O) groups is 1. The molecule has 8 heteroatoms. The Kier molecular flexibility index (Phi) is 6.70. The van der Waals surface area contributed by atoms with Crippen molar-refractivity contribution in [2.24, 2.45) is 0 Å². The van der Waals surface area contributed by atoms with Gasteiger partial charge in [-0.25, -0.2) is 8.42 Å². The minimum absolute atomic E-state index is 0.154. The fourth-order valence-electron chi connectivity index (χ4n) is 3.35. The van der Waals surface area contributed by atoms with Crippen LogP contribution in [0.4, 0.5) is 0 Å². The highest BCUT2D eigenvalue weighted by Gasteiger charge is 2.36. The standard InChI is InChI=1S/C21H24ClNO5S/c1-3-27-19-10-5-15(13-20(19)28-4-2)21(24)23-12-11-18(14-23)29(25,26)17-8-6-16(22)7-9-17/h5-10,13,18H,3-4,11-12,14H2,1-2H3. The third-order valence-corrected chi connectivity index (χ3v) is 7.25. The lowest BCUT2D eigenvalue weighted by molar-refractivity contribution is 0.0792. The summed E-state index contributed by atoms with van der Waals surface area (Å²) in [4.78, 5) is 14.7. The van der Waals surface area contributed by atoms with Crippen molar-refractivity contribution in [1.29, 1.82) is 0 Å². The lowest BCUT2D eigenvalue weighted by atomic mass is 10.1. The number of nitrogens with zero attached hydrogens (tertiary/aromatic N) is 1. The molecule has 3 rings (SSSR count). The average Bonchev–Trinajstić information content (AvgIpc) is 3.20. The first-order chi connectivity index (χ1) is 13.9. The number of rotatable bonds is 7. The van der Waals surface area contributed by atoms with Gasteiger partial charge >= 0.3 is 0 Å². The number of hydrogen-bond acceptors (Lipinski definition) is 5. The fraction of sp³-hybridized carbons (Fsp3) is 0.381. The van der Waals surface area contributed by atoms with Gasteiger partial charge in [-0.2, -0.15) is 0 Å². The molecule has 1 fully saturated rings. The summed E-state index contributed by atoms with van der Waals surface area (Å²) in [6, 6.07) is 11.2. The van der Waals surface area contributed by atoms with Gasteiger partial charge in [-0.1, -0.05) is 11.6 Å². The van der Waals surface area contributed by atoms with E-state index in [4.69, 9.17) is 21.1 Å². The van der Waals surface area contributed by atoms with E-state index >= 15 is 0 Å². The first-order valence-electron chi connectivity index (χ1n) is 9.55. The molecule has 1 unspecified atom stereocenters. The van der Waals surface area contributed by atoms with Crippen molar-refractivity contribution in [2.45, 2.75) is 30.4 Å². The van der Waals surface area contributed by atoms with Crippen LogP contribution >= 0.6 is 11.6 Å². The number of amides is 1. The molecule has 29 heavy (non-hydrogen) atoms. The Morgan fingerprint density at radius 1 is 1.07 bits per heavy atom. The molecule has 0 N–H and O–H groups in total. The van der Waals surface area contributed by atoms with Crippen molar-refractivity contribution < 1.29 is 22.7 Å². The van der Waals surface area contributed by atoms with Gasteiger partial charge in [0.1, 0.15) is 0 Å². The number of carbonyl (C=O) groups excluding carboxylic acids is 1. The molecular formula is C21H24ClNO5S. The Labute approximate surface area is 176 Å². The molecule has 2 aromatic rings. The molecular weight excluding hydrogens is 414 g/mol. The van der Waals surface area contributed by atoms with Crippen LogP contribution in [0.5, 0.6) is 11.5 Å². The molecule has 0 aromatic heterocycles. The Balaban J connectivity index is 1.76. The largest absolute Gasteiger partial charge is 0.490 e. The fourth-order valence-corrected chi connectivity index (χ4v) is 5.17. The van der Waals surface area contributed by atoms with Crippen molar-refractivity contribution >= 4 is 27.3 Å². The smallest absolute Gasteiger partial charge is 0.254 e. The van der Waals surface area contributed by atoms with Crippen molar-refractivity contribution in [1.82, 2.24) is 4.90 Å². The molecule has 1 aliphatic rings. The van der Waals surface area contributed by atoms with Crippen molar-refractivity contribution in [3.05, 3.63) is 53.1 Å². The Morgan fingerprint density at radius 3 is 2.38 bits per heavy atom. The molecule has 0 aliphatic carbocycles. The Hall–Kier alpha value is -2.25. The molecule has 156 valence electrons. The van der Waals surface area contributed by atoms with Crippen LogP contribution in [0.15, 0.2) is 47.4 Å². The van der Waals surface area contributed by atoms with E-state index in [1.807, 2.05) is 13.8 Å². The number of halogens is 1. The van der Waals surface area contributed by atoms with E-state index in [9.17, 15) is 13.2 Å². The van der Waals surface area contributed by atoms with Crippen molar-refractivity contribution in [2.75, 3.05) is 26.3 Å². The van der Waals surface area contributed by atoms with Crippen LogP contribution in [0.3, 0.4) is 0 Å². The molecule has 1 amide bonds. The zero-order chi connectivity index (χ0) is 21.0. The van der Waals surface area contributed by atoms with Crippen LogP contribution < -0.4 is 9.47 Å². The lowest BCUT2D eigenvalue weighted by Gasteiger charge is -2.18. The molecule has 1 saturated heterocycles. The zero-order valence-electron chi connectivity index (χ0n) is 16.4. The van der Waals surface area contributed by atoms with Crippen LogP contribution in [0.1, 0.15) is 30.6 Å². The summed E-state index contributed by atoms with van der Waals surface area (Å²) < 4.78 is 36.9. The summed E-state index contributed by atoms with van der Waals surface area (Å²) >= 11 is 5.85. The van der Waals surface area contributed by atoms with Gasteiger partial charge in [-0.05, 0) is 62.7 Å². The Morgan fingerprint density at radius 2 is 1.72 bits per heavy atom. The van der Waals surface area contributed by atoms with Gasteiger partial charge in [-0.15, -0.1) is 0 Å². The second-order valence-electron chi connectivity index (χ2n) is 6.69. The van der Waals surface area contributed by atoms with Gasteiger partial charge in [-0.3, -0.25) is 4.79 Å². The SMILES string of the molecule is CCOc1ccc(C(=O)N2CCC(S(=O)(=O)c3ccc(Cl)cc3)C2)cc1OCC. The maximum absolute atomic E-state index is 12.9. The molecule has 0 saturated carbocycles. The molecule has 1 heterocycles. The number of benzene rings is 2. The van der Waals surface area contributed by atoms with Crippen LogP contribution in [0, 0.1) is 0 Å². The van der Waals surface area contributed by atoms with Crippen LogP contribution in [0.25, 0.3) is 0 Å². The van der Waals surface area contributed by atoms with E-state index in [0.717, 1.165) is 0 Å². The highest BCUT2D eigenvalue weighted by atomic mass is 35.5. The summed E-state index contributed by atoms with van der Waals surface area (Å²) in [6.45, 7) is 5.21. The summed E-state index contributed by atoms with van der Waals surface area (Å²) in [5.74, 6) is 0.864. The monoisotopic (exact) mass is 437 g/mol. The minimum atomic E-state index is -3.53. The molecule has 0 spiro atoms. The zero-order valence-corrected chi connectivity index (χ0v) is 18.0. The van der Waals surface area contributed by atoms with Crippen LogP contribution in [-0.2, 0) is 9.84 Å². The summed E-state index contributed by atoms with van der Waals surface area (Å²) in [5, 5.41) is -0.158. The molecule has 0 radical (unpaired) electrons. The van der Waals surface area contributed by atoms with E-state index < -0.39 is 15.1 Å². The van der Waals surface area contributed by atoms with Gasteiger partial charge in [0, 0.05) is 23.7 Å². The lowest BCUT2D eigenvalue weighted by Crippen LogP contribution is -2.32. The summed E-state index contributed by atoms with van der Waals surface area (Å²) in [5.41, 5.74) is 0.446. The molecule has 6 nitrogen and oxygen atoms in total. The molecule has 1 atom stereocenters. The van der Waals surface area contributed by atoms with E-state index in [-0.39, 0.29) is 17.3 Å². The van der Waals surface area contributed by atoms with E-state index in [2.05, 4.69) is 0 Å². The molecule has 1 aliphatic heterocycles. The molecule has 0 bridgehead atoms. The van der Waals surface area contributed by atoms with Gasteiger partial charge in [0.25, 0.3) is 5.91 Å². The van der Waals surface area contributed by atoms with Gasteiger partial charge in [0.15, 0.2) is 21.3 Å². The number of ether oxygens (including phenoxy) is 2. The van der Waals surface area contributed by atoms with E-state index in [1.165, 1.54) is 12.1 Å². The average molecular weight is 438 g/mol. The maximum atomic E-state index is 12.9. The van der Waals surface area contributed by atoms with Crippen molar-refractivity contribution in [3.63, 3.8) is 0 Å². The normalized spacial score (nSPS) is 16.7.